The molecule has 0 amide bonds. The molecule has 0 aromatic heterocycles. The van der Waals surface area contributed by atoms with Crippen LogP contribution in [-0.2, 0) is 0 Å². The third kappa shape index (κ3) is 3.85. The van der Waals surface area contributed by atoms with Crippen molar-refractivity contribution in [3.8, 4) is 11.5 Å². The van der Waals surface area contributed by atoms with Gasteiger partial charge in [0.25, 0.3) is 0 Å². The molecule has 19 heavy (non-hydrogen) atoms. The van der Waals surface area contributed by atoms with Gasteiger partial charge in [-0.25, -0.2) is 0 Å². The molecule has 106 valence electrons. The minimum Gasteiger partial charge on any atom is -0.507 e. The predicted octanol–water partition coefficient (Wildman–Crippen LogP) is 2.15. The summed E-state index contributed by atoms with van der Waals surface area (Å²) in [6.07, 6.45) is 2.66. The van der Waals surface area contributed by atoms with Gasteiger partial charge >= 0.3 is 0 Å². The molecule has 4 heteroatoms. The molecule has 1 heterocycles. The van der Waals surface area contributed by atoms with E-state index in [1.807, 2.05) is 12.1 Å². The van der Waals surface area contributed by atoms with Crippen molar-refractivity contribution in [1.29, 1.82) is 0 Å². The normalized spacial score (nSPS) is 17.6. The van der Waals surface area contributed by atoms with Crippen LogP contribution in [0.2, 0.25) is 0 Å². The number of phenols is 1. The van der Waals surface area contributed by atoms with Crippen molar-refractivity contribution in [2.75, 3.05) is 33.3 Å². The van der Waals surface area contributed by atoms with E-state index in [-0.39, 0.29) is 6.04 Å². The van der Waals surface area contributed by atoms with Gasteiger partial charge in [-0.2, -0.15) is 0 Å². The van der Waals surface area contributed by atoms with E-state index in [1.165, 1.54) is 25.9 Å². The number of ether oxygens (including phenoxy) is 1. The van der Waals surface area contributed by atoms with E-state index in [9.17, 15) is 5.11 Å². The largest absolute Gasteiger partial charge is 0.507 e. The number of nitrogens with one attached hydrogen (secondary N) is 1. The lowest BCUT2D eigenvalue weighted by Crippen LogP contribution is -2.31. The number of hydrogen-bond acceptors (Lipinski definition) is 4. The quantitative estimate of drug-likeness (QED) is 0.826. The minimum absolute atomic E-state index is 0.147. The highest BCUT2D eigenvalue weighted by atomic mass is 16.5. The van der Waals surface area contributed by atoms with Gasteiger partial charge in [0.05, 0.1) is 7.11 Å². The van der Waals surface area contributed by atoms with Crippen LogP contribution in [0.4, 0.5) is 0 Å². The summed E-state index contributed by atoms with van der Waals surface area (Å²) in [7, 11) is 1.60. The summed E-state index contributed by atoms with van der Waals surface area (Å²) in [5.41, 5.74) is 0.919. The van der Waals surface area contributed by atoms with E-state index < -0.39 is 0 Å². The van der Waals surface area contributed by atoms with Crippen LogP contribution < -0.4 is 10.1 Å². The highest BCUT2D eigenvalue weighted by molar-refractivity contribution is 5.41. The second kappa shape index (κ2) is 6.78. The molecule has 0 spiro atoms. The van der Waals surface area contributed by atoms with E-state index in [0.29, 0.717) is 11.5 Å². The van der Waals surface area contributed by atoms with E-state index in [1.54, 1.807) is 13.2 Å². The fourth-order valence-electron chi connectivity index (χ4n) is 2.57. The van der Waals surface area contributed by atoms with Gasteiger partial charge in [0, 0.05) is 30.8 Å². The zero-order valence-corrected chi connectivity index (χ0v) is 11.9. The van der Waals surface area contributed by atoms with E-state index >= 15 is 0 Å². The van der Waals surface area contributed by atoms with Crippen molar-refractivity contribution in [2.45, 2.75) is 25.8 Å². The van der Waals surface area contributed by atoms with E-state index in [4.69, 9.17) is 4.74 Å². The number of aromatic hydroxyl groups is 1. The minimum atomic E-state index is 0.147. The number of nitrogens with zero attached hydrogens (tertiary/aromatic N) is 1. The van der Waals surface area contributed by atoms with Gasteiger partial charge in [-0.1, -0.05) is 6.07 Å². The van der Waals surface area contributed by atoms with Gasteiger partial charge in [-0.15, -0.1) is 0 Å². The molecule has 2 N–H and O–H groups in total. The van der Waals surface area contributed by atoms with Crippen LogP contribution in [0.3, 0.4) is 0 Å². The van der Waals surface area contributed by atoms with Gasteiger partial charge in [0.2, 0.25) is 0 Å². The van der Waals surface area contributed by atoms with Crippen molar-refractivity contribution in [2.24, 2.45) is 0 Å². The maximum absolute atomic E-state index is 9.97. The van der Waals surface area contributed by atoms with Crippen LogP contribution in [0.25, 0.3) is 0 Å². The lowest BCUT2D eigenvalue weighted by molar-refractivity contribution is 0.328. The maximum Gasteiger partial charge on any atom is 0.124 e. The third-order valence-electron chi connectivity index (χ3n) is 3.78. The lowest BCUT2D eigenvalue weighted by atomic mass is 10.1. The molecule has 0 radical (unpaired) electrons. The Hall–Kier alpha value is -1.26. The molecule has 0 saturated carbocycles. The average molecular weight is 264 g/mol. The van der Waals surface area contributed by atoms with Crippen LogP contribution >= 0.6 is 0 Å². The molecular weight excluding hydrogens is 240 g/mol. The van der Waals surface area contributed by atoms with Gasteiger partial charge in [0.1, 0.15) is 11.5 Å². The summed E-state index contributed by atoms with van der Waals surface area (Å²) in [6, 6.07) is 5.61. The number of benzene rings is 1. The second-order valence-corrected chi connectivity index (χ2v) is 5.15. The van der Waals surface area contributed by atoms with Crippen LogP contribution in [-0.4, -0.2) is 43.3 Å². The molecule has 0 aliphatic carbocycles. The molecule has 1 aromatic rings. The van der Waals surface area contributed by atoms with Crippen molar-refractivity contribution in [1.82, 2.24) is 10.2 Å². The summed E-state index contributed by atoms with van der Waals surface area (Å²) in [4.78, 5) is 2.48. The maximum atomic E-state index is 9.97. The third-order valence-corrected chi connectivity index (χ3v) is 3.78. The molecule has 2 rings (SSSR count). The molecule has 1 fully saturated rings. The summed E-state index contributed by atoms with van der Waals surface area (Å²) in [5, 5.41) is 13.4. The van der Waals surface area contributed by atoms with Crippen LogP contribution in [0.5, 0.6) is 11.5 Å². The fourth-order valence-corrected chi connectivity index (χ4v) is 2.57. The average Bonchev–Trinajstić information content (AvgIpc) is 2.91. The molecular formula is C15H24N2O2. The van der Waals surface area contributed by atoms with Gasteiger partial charge in [-0.05, 0) is 38.9 Å². The molecule has 4 nitrogen and oxygen atoms in total. The molecule has 1 aliphatic heterocycles. The standard InChI is InChI=1S/C15H24N2O2/c1-12(16-7-10-17-8-3-4-9-17)14-6-5-13(19-2)11-15(14)18/h5-6,11-12,16,18H,3-4,7-10H2,1-2H3. The first kappa shape index (κ1) is 14.2. The number of rotatable bonds is 6. The monoisotopic (exact) mass is 264 g/mol. The Balaban J connectivity index is 1.83. The summed E-state index contributed by atoms with van der Waals surface area (Å²) >= 11 is 0. The van der Waals surface area contributed by atoms with Crippen LogP contribution in [0.1, 0.15) is 31.4 Å². The molecule has 1 aliphatic rings. The van der Waals surface area contributed by atoms with E-state index in [2.05, 4.69) is 17.1 Å². The number of methoxy groups -OCH3 is 1. The molecule has 1 unspecified atom stereocenters. The van der Waals surface area contributed by atoms with Gasteiger partial charge in [0.15, 0.2) is 0 Å². The zero-order chi connectivity index (χ0) is 13.7. The smallest absolute Gasteiger partial charge is 0.124 e. The van der Waals surface area contributed by atoms with Gasteiger partial charge in [-0.3, -0.25) is 0 Å². The van der Waals surface area contributed by atoms with E-state index in [0.717, 1.165) is 18.7 Å². The highest BCUT2D eigenvalue weighted by Crippen LogP contribution is 2.28. The van der Waals surface area contributed by atoms with Crippen LogP contribution in [0, 0.1) is 0 Å². The van der Waals surface area contributed by atoms with Gasteiger partial charge < -0.3 is 20.1 Å². The van der Waals surface area contributed by atoms with Crippen molar-refractivity contribution in [3.63, 3.8) is 0 Å². The Morgan fingerprint density at radius 1 is 1.37 bits per heavy atom. The van der Waals surface area contributed by atoms with Crippen molar-refractivity contribution >= 4 is 0 Å². The first-order valence-electron chi connectivity index (χ1n) is 7.03. The Bertz CT molecular complexity index is 403. The Morgan fingerprint density at radius 2 is 2.11 bits per heavy atom. The summed E-state index contributed by atoms with van der Waals surface area (Å²) < 4.78 is 5.09. The molecule has 0 bridgehead atoms. The zero-order valence-electron chi connectivity index (χ0n) is 11.9. The van der Waals surface area contributed by atoms with Crippen LogP contribution in [0.15, 0.2) is 18.2 Å². The first-order valence-corrected chi connectivity index (χ1v) is 7.03. The molecule has 1 atom stereocenters. The SMILES string of the molecule is COc1ccc(C(C)NCCN2CCCC2)c(O)c1. The Morgan fingerprint density at radius 3 is 2.74 bits per heavy atom. The Labute approximate surface area is 115 Å². The fraction of sp³-hybridized carbons (Fsp3) is 0.600. The topological polar surface area (TPSA) is 44.7 Å². The molecule has 1 saturated heterocycles. The summed E-state index contributed by atoms with van der Waals surface area (Å²) in [5.74, 6) is 0.978. The predicted molar refractivity (Wildman–Crippen MR) is 76.8 cm³/mol. The first-order chi connectivity index (χ1) is 9.20. The second-order valence-electron chi connectivity index (χ2n) is 5.15. The highest BCUT2D eigenvalue weighted by Gasteiger charge is 2.13. The number of likely N-dealkylation sites (tertiary alicyclic amines) is 1. The molecule has 1 aromatic carbocycles. The van der Waals surface area contributed by atoms with Crippen molar-refractivity contribution in [3.05, 3.63) is 23.8 Å². The van der Waals surface area contributed by atoms with Crippen molar-refractivity contribution < 1.29 is 9.84 Å². The number of phenolic OH excluding ortho intramolecular Hbond substituents is 1. The Kier molecular flexibility index (Phi) is 5.05. The summed E-state index contributed by atoms with van der Waals surface area (Å²) in [6.45, 7) is 6.56. The lowest BCUT2D eigenvalue weighted by Gasteiger charge is -2.19. The number of hydrogen-bond donors (Lipinski definition) is 2.